The maximum atomic E-state index is 6.48. The van der Waals surface area contributed by atoms with Gasteiger partial charge in [-0.3, -0.25) is 4.57 Å². The highest BCUT2D eigenvalue weighted by Gasteiger charge is 2.23. The van der Waals surface area contributed by atoms with Gasteiger partial charge in [-0.05, 0) is 97.1 Å². The fraction of sp³-hybridized carbons (Fsp3) is 0. The molecule has 0 radical (unpaired) electrons. The van der Waals surface area contributed by atoms with Crippen molar-refractivity contribution in [2.75, 3.05) is 0 Å². The molecule has 6 aromatic heterocycles. The Labute approximate surface area is 484 Å². The van der Waals surface area contributed by atoms with E-state index >= 15 is 0 Å². The fourth-order valence-electron chi connectivity index (χ4n) is 11.5. The Kier molecular flexibility index (Phi) is 11.8. The normalized spacial score (nSPS) is 11.6. The summed E-state index contributed by atoms with van der Waals surface area (Å²) in [7, 11) is 0. The topological polar surface area (TPSA) is 118 Å². The van der Waals surface area contributed by atoms with E-state index in [-0.39, 0.29) is 0 Å². The Morgan fingerprint density at radius 2 is 0.679 bits per heavy atom. The van der Waals surface area contributed by atoms with Crippen LogP contribution >= 0.6 is 11.3 Å². The summed E-state index contributed by atoms with van der Waals surface area (Å²) >= 11 is 1.60. The lowest BCUT2D eigenvalue weighted by Crippen LogP contribution is -2.01. The molecule has 84 heavy (non-hydrogen) atoms. The zero-order chi connectivity index (χ0) is 55.5. The van der Waals surface area contributed by atoms with Crippen LogP contribution in [-0.4, -0.2) is 44.1 Å². The van der Waals surface area contributed by atoms with Gasteiger partial charge < -0.3 is 18.0 Å². The summed E-state index contributed by atoms with van der Waals surface area (Å²) in [5, 5.41) is 24.5. The van der Waals surface area contributed by atoms with E-state index in [0.717, 1.165) is 138 Å². The van der Waals surface area contributed by atoms with Crippen LogP contribution < -0.4 is 0 Å². The van der Waals surface area contributed by atoms with Crippen LogP contribution in [0.3, 0.4) is 0 Å². The predicted molar refractivity (Wildman–Crippen MR) is 338 cm³/mol. The molecule has 0 N–H and O–H groups in total. The molecule has 11 nitrogen and oxygen atoms in total. The van der Waals surface area contributed by atoms with E-state index in [1.807, 2.05) is 127 Å². The average molecular weight is 1100 g/mol. The van der Waals surface area contributed by atoms with Gasteiger partial charge in [0.1, 0.15) is 21.0 Å². The summed E-state index contributed by atoms with van der Waals surface area (Å²) in [6, 6.07) is 93.0. The predicted octanol–water partition coefficient (Wildman–Crippen LogP) is 18.3. The molecule has 0 fully saturated rings. The van der Waals surface area contributed by atoms with Gasteiger partial charge in [0, 0.05) is 61.2 Å². The number of benzene rings is 11. The minimum absolute atomic E-state index is 0.617. The van der Waals surface area contributed by atoms with Crippen molar-refractivity contribution >= 4 is 77.1 Å². The third-order valence-corrected chi connectivity index (χ3v) is 16.3. The summed E-state index contributed by atoms with van der Waals surface area (Å²) < 4.78 is 19.6. The third-order valence-electron chi connectivity index (χ3n) is 15.3. The summed E-state index contributed by atoms with van der Waals surface area (Å²) in [6.07, 6.45) is 0. The van der Waals surface area contributed by atoms with Gasteiger partial charge in [-0.2, -0.15) is 0 Å². The quantitative estimate of drug-likeness (QED) is 0.140. The zero-order valence-corrected chi connectivity index (χ0v) is 45.5. The average Bonchev–Trinajstić information content (AvgIpc) is 1.86. The van der Waals surface area contributed by atoms with Crippen LogP contribution in [-0.2, 0) is 0 Å². The summed E-state index contributed by atoms with van der Waals surface area (Å²) in [6.45, 7) is 0. The maximum absolute atomic E-state index is 6.48. The lowest BCUT2D eigenvalue weighted by molar-refractivity contribution is 0.622. The van der Waals surface area contributed by atoms with Crippen LogP contribution in [0.15, 0.2) is 282 Å². The molecule has 0 atom stereocenters. The van der Waals surface area contributed by atoms with Gasteiger partial charge in [0.05, 0.1) is 32.8 Å². The minimum Gasteiger partial charge on any atom is -0.435 e. The monoisotopic (exact) mass is 1100 g/mol. The number of hydrogen-bond acceptors (Lipinski definition) is 9. The van der Waals surface area contributed by atoms with Crippen molar-refractivity contribution in [1.29, 1.82) is 0 Å². The van der Waals surface area contributed by atoms with E-state index in [2.05, 4.69) is 175 Å². The largest absolute Gasteiger partial charge is 0.435 e. The molecule has 396 valence electrons. The van der Waals surface area contributed by atoms with E-state index in [1.54, 1.807) is 11.3 Å². The minimum atomic E-state index is 0.617. The van der Waals surface area contributed by atoms with Crippen molar-refractivity contribution in [3.05, 3.63) is 273 Å². The second kappa shape index (κ2) is 20.3. The molecule has 0 amide bonds. The molecule has 6 heterocycles. The number of fused-ring (bicyclic) bond motifs is 10. The molecular weight excluding hydrogens is 1050 g/mol. The van der Waals surface area contributed by atoms with Crippen LogP contribution in [0.25, 0.3) is 150 Å². The van der Waals surface area contributed by atoms with Crippen molar-refractivity contribution in [2.24, 2.45) is 0 Å². The molecule has 0 spiro atoms. The van der Waals surface area contributed by atoms with E-state index in [1.165, 1.54) is 0 Å². The molecule has 17 aromatic rings. The van der Waals surface area contributed by atoms with Crippen LogP contribution in [0.2, 0.25) is 0 Å². The smallest absolute Gasteiger partial charge is 0.227 e. The van der Waals surface area contributed by atoms with Crippen molar-refractivity contribution in [3.8, 4) is 83.9 Å². The van der Waals surface area contributed by atoms with E-state index in [4.69, 9.17) is 23.9 Å². The first kappa shape index (κ1) is 48.6. The molecule has 17 rings (SSSR count). The Hall–Kier alpha value is -11.3. The van der Waals surface area contributed by atoms with Gasteiger partial charge in [0.2, 0.25) is 11.8 Å². The van der Waals surface area contributed by atoms with Crippen molar-refractivity contribution in [2.45, 2.75) is 0 Å². The number of aromatic nitrogens is 9. The van der Waals surface area contributed by atoms with Gasteiger partial charge in [0.15, 0.2) is 22.8 Å². The maximum Gasteiger partial charge on any atom is 0.227 e. The lowest BCUT2D eigenvalue weighted by atomic mass is 10.1. The Morgan fingerprint density at radius 1 is 0.286 bits per heavy atom. The second-order valence-corrected chi connectivity index (χ2v) is 21.3. The van der Waals surface area contributed by atoms with Crippen LogP contribution in [0.1, 0.15) is 0 Å². The van der Waals surface area contributed by atoms with Crippen molar-refractivity contribution in [1.82, 2.24) is 44.1 Å². The van der Waals surface area contributed by atoms with Crippen molar-refractivity contribution in [3.63, 3.8) is 0 Å². The molecule has 0 bridgehead atoms. The highest BCUT2D eigenvalue weighted by Crippen LogP contribution is 2.42. The number of rotatable bonds is 9. The first-order valence-corrected chi connectivity index (χ1v) is 28.4. The molecule has 0 aliphatic carbocycles. The Bertz CT molecular complexity index is 5260. The van der Waals surface area contributed by atoms with E-state index in [0.29, 0.717) is 11.8 Å². The van der Waals surface area contributed by atoms with E-state index < -0.39 is 0 Å². The number of hydrogen-bond donors (Lipinski definition) is 0. The molecule has 11 aromatic carbocycles. The van der Waals surface area contributed by atoms with E-state index in [9.17, 15) is 0 Å². The highest BCUT2D eigenvalue weighted by molar-refractivity contribution is 7.17. The summed E-state index contributed by atoms with van der Waals surface area (Å²) in [5.74, 6) is 2.81. The molecular formula is C72H45N9O2S. The summed E-state index contributed by atoms with van der Waals surface area (Å²) in [4.78, 5) is 9.66. The first-order chi connectivity index (χ1) is 41.7. The fourth-order valence-corrected chi connectivity index (χ4v) is 12.4. The number of nitrogens with zero attached hydrogens (tertiary/aromatic N) is 9. The zero-order valence-electron chi connectivity index (χ0n) is 44.7. The second-order valence-electron chi connectivity index (χ2n) is 20.4. The van der Waals surface area contributed by atoms with Gasteiger partial charge in [0.25, 0.3) is 0 Å². The molecule has 0 aliphatic heterocycles. The Morgan fingerprint density at radius 3 is 1.20 bits per heavy atom. The Balaban J connectivity index is 0.000000139. The van der Waals surface area contributed by atoms with Crippen LogP contribution in [0.4, 0.5) is 0 Å². The van der Waals surface area contributed by atoms with Gasteiger partial charge in [-0.25, -0.2) is 9.97 Å². The number of oxazole rings is 2. The van der Waals surface area contributed by atoms with Gasteiger partial charge >= 0.3 is 0 Å². The highest BCUT2D eigenvalue weighted by atomic mass is 32.1. The first-order valence-electron chi connectivity index (χ1n) is 27.6. The van der Waals surface area contributed by atoms with Crippen LogP contribution in [0, 0.1) is 0 Å². The lowest BCUT2D eigenvalue weighted by Gasteiger charge is -2.13. The standard InChI is InChI=1S/C39H25N5O.C33H20N4OS/c1-4-13-26(14-5-1)37-41-42-38(44(37)29-18-8-3-9-19-29)28-17-12-20-30(25-28)43-33-22-11-10-21-31(33)35-34(43)24-23-32-36(35)45-39(40-32)27-15-6-2-7-16-27;1-3-10-21(11-4-1)31-34-26-18-19-28-29(30(26)38-31)25-16-7-8-17-27(25)37(28)24-15-9-14-23(20-24)33-36-35-32(39-33)22-12-5-2-6-13-22/h1-25H;1-20H. The molecule has 12 heteroatoms. The van der Waals surface area contributed by atoms with Crippen LogP contribution in [0.5, 0.6) is 0 Å². The summed E-state index contributed by atoms with van der Waals surface area (Å²) in [5.41, 5.74) is 16.6. The number of para-hydroxylation sites is 3. The third kappa shape index (κ3) is 8.35. The molecule has 0 unspecified atom stereocenters. The van der Waals surface area contributed by atoms with Gasteiger partial charge in [-0.15, -0.1) is 20.4 Å². The van der Waals surface area contributed by atoms with Crippen molar-refractivity contribution < 1.29 is 8.83 Å². The van der Waals surface area contributed by atoms with Gasteiger partial charge in [-0.1, -0.05) is 187 Å². The molecule has 0 saturated carbocycles. The molecule has 0 aliphatic rings. The molecule has 0 saturated heterocycles. The SMILES string of the molecule is c1ccc(-c2nc3ccc4c(c5ccccc5n4-c4cccc(-c5nnc(-c6ccccc6)n5-c5ccccc5)c4)c3o2)cc1.c1ccc(-c2nc3ccc4c(c5ccccc5n4-c4cccc(-c5nnc(-c6ccccc6)s5)c4)c3o2)cc1.